The molecule has 4 N–H and O–H groups in total. The molecule has 0 amide bonds. The maximum absolute atomic E-state index is 10.3. The summed E-state index contributed by atoms with van der Waals surface area (Å²) in [6, 6.07) is 3.68. The summed E-state index contributed by atoms with van der Waals surface area (Å²) < 4.78 is 23.7. The summed E-state index contributed by atoms with van der Waals surface area (Å²) in [5.74, 6) is -0.170. The van der Waals surface area contributed by atoms with Gasteiger partial charge in [0.15, 0.2) is 0 Å². The van der Waals surface area contributed by atoms with Gasteiger partial charge in [0.2, 0.25) is 0 Å². The minimum absolute atomic E-state index is 0.0545. The Labute approximate surface area is 106 Å². The first-order chi connectivity index (χ1) is 8.90. The van der Waals surface area contributed by atoms with Crippen molar-refractivity contribution >= 4 is 0 Å². The van der Waals surface area contributed by atoms with E-state index >= 15 is 0 Å². The average Bonchev–Trinajstić information content (AvgIpc) is 2.25. The van der Waals surface area contributed by atoms with Gasteiger partial charge in [0, 0.05) is 20.3 Å². The normalized spacial score (nSPS) is 19.0. The standard InChI is InChI=1S/C13H21NO3/c1-13(2,3)14-7-12(17)9-4-5-11(16)10(6-9)8-15/h4-6,12,14-17H,7-8H2,1-3H3/t12-/m0/s1/i7D2,12D. The summed E-state index contributed by atoms with van der Waals surface area (Å²) in [4.78, 5) is 0. The van der Waals surface area contributed by atoms with E-state index in [-0.39, 0.29) is 16.9 Å². The molecule has 0 aliphatic carbocycles. The summed E-state index contributed by atoms with van der Waals surface area (Å²) in [5, 5.41) is 31.4. The Balaban J connectivity index is 3.21. The first kappa shape index (κ1) is 9.88. The molecule has 0 radical (unpaired) electrons. The van der Waals surface area contributed by atoms with Crippen LogP contribution in [0, 0.1) is 0 Å². The maximum Gasteiger partial charge on any atom is 0.121 e. The second-order valence-corrected chi connectivity index (χ2v) is 4.85. The van der Waals surface area contributed by atoms with Crippen molar-refractivity contribution in [2.75, 3.05) is 6.50 Å². The third kappa shape index (κ3) is 4.34. The molecule has 17 heavy (non-hydrogen) atoms. The molecule has 0 saturated heterocycles. The number of hydrogen-bond acceptors (Lipinski definition) is 4. The van der Waals surface area contributed by atoms with Crippen LogP contribution in [0.15, 0.2) is 18.2 Å². The number of benzene rings is 1. The van der Waals surface area contributed by atoms with Gasteiger partial charge < -0.3 is 20.6 Å². The lowest BCUT2D eigenvalue weighted by molar-refractivity contribution is 0.163. The van der Waals surface area contributed by atoms with E-state index in [1.165, 1.54) is 18.2 Å². The fraction of sp³-hybridized carbons (Fsp3) is 0.538. The Hall–Kier alpha value is -1.10. The molecule has 0 spiro atoms. The highest BCUT2D eigenvalue weighted by molar-refractivity contribution is 5.36. The Morgan fingerprint density at radius 3 is 2.65 bits per heavy atom. The predicted octanol–water partition coefficient (Wildman–Crippen LogP) is 1.31. The van der Waals surface area contributed by atoms with Gasteiger partial charge in [-0.1, -0.05) is 6.07 Å². The highest BCUT2D eigenvalue weighted by Gasteiger charge is 2.14. The molecule has 1 aromatic rings. The molecule has 0 aliphatic rings. The van der Waals surface area contributed by atoms with Crippen LogP contribution in [0.4, 0.5) is 0 Å². The first-order valence-corrected chi connectivity index (χ1v) is 5.36. The van der Waals surface area contributed by atoms with Crippen LogP contribution in [-0.4, -0.2) is 27.4 Å². The molecule has 96 valence electrons. The smallest absolute Gasteiger partial charge is 0.121 e. The van der Waals surface area contributed by atoms with Crippen LogP contribution in [0.3, 0.4) is 0 Å². The summed E-state index contributed by atoms with van der Waals surface area (Å²) in [6.07, 6.45) is -2.57. The molecule has 1 rings (SSSR count). The lowest BCUT2D eigenvalue weighted by Gasteiger charge is -2.23. The van der Waals surface area contributed by atoms with Crippen molar-refractivity contribution in [2.45, 2.75) is 39.0 Å². The lowest BCUT2D eigenvalue weighted by atomic mass is 10.0. The van der Waals surface area contributed by atoms with E-state index in [0.717, 1.165) is 0 Å². The van der Waals surface area contributed by atoms with Crippen molar-refractivity contribution in [1.29, 1.82) is 0 Å². The van der Waals surface area contributed by atoms with Crippen molar-refractivity contribution in [3.05, 3.63) is 29.3 Å². The Bertz CT molecular complexity index is 484. The fourth-order valence-electron chi connectivity index (χ4n) is 1.18. The molecule has 4 heteroatoms. The van der Waals surface area contributed by atoms with Gasteiger partial charge in [-0.15, -0.1) is 0 Å². The highest BCUT2D eigenvalue weighted by Crippen LogP contribution is 2.22. The molecule has 0 heterocycles. The van der Waals surface area contributed by atoms with E-state index in [1.807, 2.05) is 0 Å². The van der Waals surface area contributed by atoms with Crippen LogP contribution in [0.5, 0.6) is 5.75 Å². The molecule has 0 bridgehead atoms. The van der Waals surface area contributed by atoms with Gasteiger partial charge in [-0.25, -0.2) is 0 Å². The Kier molecular flexibility index (Phi) is 3.19. The summed E-state index contributed by atoms with van der Waals surface area (Å²) in [7, 11) is 0. The molecule has 0 aliphatic heterocycles. The quantitative estimate of drug-likeness (QED) is 0.642. The van der Waals surface area contributed by atoms with Gasteiger partial charge in [0.1, 0.15) is 5.75 Å². The number of aliphatic hydroxyl groups is 2. The van der Waals surface area contributed by atoms with Crippen LogP contribution in [0.2, 0.25) is 0 Å². The van der Waals surface area contributed by atoms with Crippen LogP contribution in [-0.2, 0) is 6.61 Å². The zero-order valence-corrected chi connectivity index (χ0v) is 10.3. The number of aliphatic hydroxyl groups excluding tert-OH is 1. The molecule has 0 saturated carbocycles. The zero-order valence-electron chi connectivity index (χ0n) is 13.3. The second-order valence-electron chi connectivity index (χ2n) is 4.85. The van der Waals surface area contributed by atoms with Crippen molar-refractivity contribution < 1.29 is 19.4 Å². The molecule has 4 nitrogen and oxygen atoms in total. The number of phenols is 1. The van der Waals surface area contributed by atoms with Crippen LogP contribution >= 0.6 is 0 Å². The maximum atomic E-state index is 10.3. The molecule has 0 aromatic heterocycles. The van der Waals surface area contributed by atoms with Gasteiger partial charge in [-0.3, -0.25) is 0 Å². The molecule has 0 fully saturated rings. The molecular formula is C13H21NO3. The van der Waals surface area contributed by atoms with Crippen molar-refractivity contribution in [1.82, 2.24) is 5.32 Å². The van der Waals surface area contributed by atoms with Crippen LogP contribution < -0.4 is 5.32 Å². The number of β-amino-alcohol motifs (C(OH)–C–C–N with tert-alkyl or cyclic N) is 1. The monoisotopic (exact) mass is 242 g/mol. The van der Waals surface area contributed by atoms with Gasteiger partial charge >= 0.3 is 0 Å². The highest BCUT2D eigenvalue weighted by atomic mass is 16.3. The van der Waals surface area contributed by atoms with Crippen molar-refractivity contribution in [3.8, 4) is 5.75 Å². The van der Waals surface area contributed by atoms with E-state index in [4.69, 9.17) is 9.22 Å². The topological polar surface area (TPSA) is 72.7 Å². The zero-order chi connectivity index (χ0) is 15.8. The Morgan fingerprint density at radius 1 is 1.47 bits per heavy atom. The minimum Gasteiger partial charge on any atom is -0.508 e. The second kappa shape index (κ2) is 5.49. The van der Waals surface area contributed by atoms with Crippen molar-refractivity contribution in [2.24, 2.45) is 0 Å². The summed E-state index contributed by atoms with van der Waals surface area (Å²) in [5.41, 5.74) is -0.573. The fourth-order valence-corrected chi connectivity index (χ4v) is 1.18. The minimum atomic E-state index is -2.57. The third-order valence-electron chi connectivity index (χ3n) is 2.08. The predicted molar refractivity (Wildman–Crippen MR) is 66.7 cm³/mol. The Morgan fingerprint density at radius 2 is 2.12 bits per heavy atom. The average molecular weight is 242 g/mol. The summed E-state index contributed by atoms with van der Waals surface area (Å²) in [6.45, 7) is 2.27. The van der Waals surface area contributed by atoms with E-state index in [2.05, 4.69) is 5.32 Å². The van der Waals surface area contributed by atoms with E-state index in [0.29, 0.717) is 0 Å². The van der Waals surface area contributed by atoms with Crippen molar-refractivity contribution in [3.63, 3.8) is 0 Å². The lowest BCUT2D eigenvalue weighted by Crippen LogP contribution is -2.38. The van der Waals surface area contributed by atoms with E-state index < -0.39 is 24.7 Å². The van der Waals surface area contributed by atoms with Gasteiger partial charge in [-0.05, 0) is 38.5 Å². The SMILES string of the molecule is [2H]C([2H])(NC(C)(C)C)[C@]([2H])(O)c1ccc(O)c(CO)c1. The van der Waals surface area contributed by atoms with E-state index in [1.54, 1.807) is 20.8 Å². The van der Waals surface area contributed by atoms with Crippen LogP contribution in [0.25, 0.3) is 0 Å². The molecule has 1 atom stereocenters. The third-order valence-corrected chi connectivity index (χ3v) is 2.08. The number of aromatic hydroxyl groups is 1. The van der Waals surface area contributed by atoms with Crippen LogP contribution in [0.1, 0.15) is 42.1 Å². The van der Waals surface area contributed by atoms with Gasteiger partial charge in [0.25, 0.3) is 0 Å². The van der Waals surface area contributed by atoms with Gasteiger partial charge in [-0.2, -0.15) is 0 Å². The first-order valence-electron chi connectivity index (χ1n) is 6.86. The van der Waals surface area contributed by atoms with E-state index in [9.17, 15) is 10.2 Å². The number of rotatable bonds is 4. The largest absolute Gasteiger partial charge is 0.508 e. The summed E-state index contributed by atoms with van der Waals surface area (Å²) >= 11 is 0. The number of hydrogen-bond donors (Lipinski definition) is 4. The number of nitrogens with one attached hydrogen (secondary N) is 1. The molecule has 0 unspecified atom stereocenters. The van der Waals surface area contributed by atoms with Gasteiger partial charge in [0.05, 0.1) is 14.1 Å². The molecular weight excluding hydrogens is 218 g/mol. The molecule has 1 aromatic carbocycles.